The first-order valence-electron chi connectivity index (χ1n) is 12.9. The molecule has 38 heavy (non-hydrogen) atoms. The summed E-state index contributed by atoms with van der Waals surface area (Å²) < 4.78 is 0.180. The van der Waals surface area contributed by atoms with Crippen LogP contribution >= 0.6 is 15.9 Å². The van der Waals surface area contributed by atoms with Crippen LogP contribution in [0.3, 0.4) is 0 Å². The minimum Gasteiger partial charge on any atom is -0.507 e. The summed E-state index contributed by atoms with van der Waals surface area (Å²) in [6.45, 7) is 3.83. The van der Waals surface area contributed by atoms with Crippen LogP contribution in [0.5, 0.6) is 5.75 Å². The summed E-state index contributed by atoms with van der Waals surface area (Å²) in [5.41, 5.74) is 4.37. The van der Waals surface area contributed by atoms with Crippen molar-refractivity contribution in [3.8, 4) is 5.75 Å². The van der Waals surface area contributed by atoms with Crippen molar-refractivity contribution in [2.75, 3.05) is 4.90 Å². The first kappa shape index (κ1) is 24.7. The summed E-state index contributed by atoms with van der Waals surface area (Å²) in [7, 11) is 0. The number of anilines is 1. The zero-order valence-electron chi connectivity index (χ0n) is 21.0. The third-order valence-corrected chi connectivity index (χ3v) is 9.10. The lowest BCUT2D eigenvalue weighted by atomic mass is 9.59. The second kappa shape index (κ2) is 9.02. The molecule has 0 spiro atoms. The molecule has 0 aromatic heterocycles. The Balaban J connectivity index is 1.48. The lowest BCUT2D eigenvalue weighted by Gasteiger charge is -2.42. The van der Waals surface area contributed by atoms with Crippen LogP contribution in [0.25, 0.3) is 0 Å². The highest BCUT2D eigenvalue weighted by molar-refractivity contribution is 9.12. The Kier molecular flexibility index (Phi) is 5.87. The molecule has 3 aliphatic carbocycles. The summed E-state index contributed by atoms with van der Waals surface area (Å²) in [5, 5.41) is 11.0. The molecular weight excluding hydrogens is 546 g/mol. The second-order valence-corrected chi connectivity index (χ2v) is 11.3. The third kappa shape index (κ3) is 3.52. The van der Waals surface area contributed by atoms with Crippen LogP contribution in [-0.4, -0.2) is 28.5 Å². The van der Waals surface area contributed by atoms with Crippen molar-refractivity contribution < 1.29 is 24.3 Å². The number of amides is 2. The maximum absolute atomic E-state index is 13.9. The van der Waals surface area contributed by atoms with Gasteiger partial charge in [0.1, 0.15) is 5.75 Å². The standard InChI is InChI=1S/C31H26BrNO5/c1-3-16-7-9-17(10-8-16)33-30(37)20-12-11-18-21(26(20)31(33)38)13-22-27(24(34)14-23(32)29(22)36)25(18)19-6-4-5-15(2)28(19)35/h4-11,14,20-21,25-26,35H,3,12-13H2,1-2H3. The maximum atomic E-state index is 13.9. The number of halogens is 1. The molecule has 0 bridgehead atoms. The number of benzene rings is 2. The van der Waals surface area contributed by atoms with E-state index in [2.05, 4.69) is 15.9 Å². The van der Waals surface area contributed by atoms with Gasteiger partial charge in [0.25, 0.3) is 0 Å². The van der Waals surface area contributed by atoms with E-state index >= 15 is 0 Å². The van der Waals surface area contributed by atoms with Gasteiger partial charge in [0.2, 0.25) is 11.8 Å². The van der Waals surface area contributed by atoms with Gasteiger partial charge in [-0.3, -0.25) is 24.1 Å². The third-order valence-electron chi connectivity index (χ3n) is 8.51. The van der Waals surface area contributed by atoms with Crippen molar-refractivity contribution in [1.82, 2.24) is 0 Å². The Labute approximate surface area is 228 Å². The average molecular weight is 572 g/mol. The smallest absolute Gasteiger partial charge is 0.238 e. The molecule has 4 unspecified atom stereocenters. The van der Waals surface area contributed by atoms with E-state index in [9.17, 15) is 24.3 Å². The van der Waals surface area contributed by atoms with Crippen molar-refractivity contribution in [3.63, 3.8) is 0 Å². The van der Waals surface area contributed by atoms with E-state index in [0.29, 0.717) is 34.4 Å². The van der Waals surface area contributed by atoms with Crippen molar-refractivity contribution in [1.29, 1.82) is 0 Å². The predicted molar refractivity (Wildman–Crippen MR) is 146 cm³/mol. The number of aromatic hydroxyl groups is 1. The lowest BCUT2D eigenvalue weighted by Crippen LogP contribution is -2.39. The van der Waals surface area contributed by atoms with E-state index in [4.69, 9.17) is 0 Å². The molecule has 0 radical (unpaired) electrons. The average Bonchev–Trinajstić information content (AvgIpc) is 3.17. The van der Waals surface area contributed by atoms with Crippen LogP contribution in [0.2, 0.25) is 0 Å². The number of allylic oxidation sites excluding steroid dienone is 6. The van der Waals surface area contributed by atoms with E-state index in [1.165, 1.54) is 11.0 Å². The number of carbonyl (C=O) groups is 4. The molecule has 1 fully saturated rings. The van der Waals surface area contributed by atoms with Gasteiger partial charge in [-0.15, -0.1) is 0 Å². The molecule has 1 aliphatic heterocycles. The number of aryl methyl sites for hydroxylation is 2. The number of carbonyl (C=O) groups excluding carboxylic acids is 4. The Bertz CT molecular complexity index is 1530. The van der Waals surface area contributed by atoms with Gasteiger partial charge in [0.15, 0.2) is 11.6 Å². The van der Waals surface area contributed by atoms with Gasteiger partial charge >= 0.3 is 0 Å². The van der Waals surface area contributed by atoms with E-state index in [0.717, 1.165) is 17.6 Å². The molecule has 7 heteroatoms. The number of nitrogens with zero attached hydrogens (tertiary/aromatic N) is 1. The fraction of sp³-hybridized carbons (Fsp3) is 0.290. The molecule has 6 nitrogen and oxygen atoms in total. The zero-order valence-corrected chi connectivity index (χ0v) is 22.6. The normalized spacial score (nSPS) is 26.7. The van der Waals surface area contributed by atoms with Crippen LogP contribution in [0.4, 0.5) is 5.69 Å². The molecular formula is C31H26BrNO5. The molecule has 6 rings (SSSR count). The topological polar surface area (TPSA) is 91.8 Å². The van der Waals surface area contributed by atoms with Crippen molar-refractivity contribution in [2.45, 2.75) is 39.0 Å². The summed E-state index contributed by atoms with van der Waals surface area (Å²) >= 11 is 3.24. The maximum Gasteiger partial charge on any atom is 0.238 e. The molecule has 4 atom stereocenters. The lowest BCUT2D eigenvalue weighted by molar-refractivity contribution is -0.123. The highest BCUT2D eigenvalue weighted by Crippen LogP contribution is 2.56. The quantitative estimate of drug-likeness (QED) is 0.309. The Morgan fingerprint density at radius 2 is 1.74 bits per heavy atom. The van der Waals surface area contributed by atoms with E-state index in [1.807, 2.05) is 31.2 Å². The molecule has 0 saturated carbocycles. The minimum absolute atomic E-state index is 0.0633. The summed E-state index contributed by atoms with van der Waals surface area (Å²) in [6, 6.07) is 12.8. The van der Waals surface area contributed by atoms with Crippen LogP contribution < -0.4 is 4.90 Å². The number of imide groups is 1. The van der Waals surface area contributed by atoms with Gasteiger partial charge in [-0.2, -0.15) is 0 Å². The number of hydrogen-bond donors (Lipinski definition) is 1. The number of rotatable bonds is 3. The number of phenols is 1. The zero-order chi connectivity index (χ0) is 26.9. The fourth-order valence-electron chi connectivity index (χ4n) is 6.61. The van der Waals surface area contributed by atoms with E-state index < -0.39 is 23.7 Å². The highest BCUT2D eigenvalue weighted by atomic mass is 79.9. The van der Waals surface area contributed by atoms with Gasteiger partial charge in [0, 0.05) is 28.7 Å². The summed E-state index contributed by atoms with van der Waals surface area (Å²) in [5.74, 6) is -3.32. The first-order chi connectivity index (χ1) is 18.2. The van der Waals surface area contributed by atoms with Gasteiger partial charge in [0.05, 0.1) is 22.0 Å². The number of fused-ring (bicyclic) bond motifs is 3. The second-order valence-electron chi connectivity index (χ2n) is 10.4. The SMILES string of the molecule is CCc1ccc(N2C(=O)C3CC=C4C(c5cccc(C)c5O)C5=C(CC4C3C2=O)C(=O)C(Br)=CC5=O)cc1. The van der Waals surface area contributed by atoms with Crippen LogP contribution in [0, 0.1) is 24.7 Å². The van der Waals surface area contributed by atoms with Crippen LogP contribution in [0.15, 0.2) is 75.8 Å². The van der Waals surface area contributed by atoms with Gasteiger partial charge < -0.3 is 5.11 Å². The first-order valence-corrected chi connectivity index (χ1v) is 13.7. The number of ketones is 2. The van der Waals surface area contributed by atoms with Crippen LogP contribution in [0.1, 0.15) is 42.4 Å². The molecule has 4 aliphatic rings. The molecule has 192 valence electrons. The van der Waals surface area contributed by atoms with E-state index in [1.54, 1.807) is 31.2 Å². The minimum atomic E-state index is -0.668. The molecule has 2 amide bonds. The molecule has 2 aromatic rings. The summed E-state index contributed by atoms with van der Waals surface area (Å²) in [6.07, 6.45) is 4.66. The molecule has 1 N–H and O–H groups in total. The monoisotopic (exact) mass is 571 g/mol. The Morgan fingerprint density at radius 3 is 2.45 bits per heavy atom. The number of phenolic OH excluding ortho intramolecular Hbond substituents is 1. The Morgan fingerprint density at radius 1 is 1.00 bits per heavy atom. The van der Waals surface area contributed by atoms with Gasteiger partial charge in [-0.1, -0.05) is 48.9 Å². The molecule has 2 aromatic carbocycles. The van der Waals surface area contributed by atoms with Crippen molar-refractivity contribution in [2.24, 2.45) is 17.8 Å². The largest absolute Gasteiger partial charge is 0.507 e. The van der Waals surface area contributed by atoms with Gasteiger partial charge in [-0.25, -0.2) is 0 Å². The predicted octanol–water partition coefficient (Wildman–Crippen LogP) is 5.23. The van der Waals surface area contributed by atoms with Crippen molar-refractivity contribution in [3.05, 3.63) is 92.5 Å². The fourth-order valence-corrected chi connectivity index (χ4v) is 7.06. The summed E-state index contributed by atoms with van der Waals surface area (Å²) in [4.78, 5) is 55.4. The number of hydrogen-bond acceptors (Lipinski definition) is 5. The molecule has 1 heterocycles. The number of Topliss-reactive ketones (excluding diaryl/α,β-unsaturated/α-hetero) is 1. The number of para-hydroxylation sites is 1. The van der Waals surface area contributed by atoms with E-state index in [-0.39, 0.29) is 40.0 Å². The van der Waals surface area contributed by atoms with Gasteiger partial charge in [-0.05, 0) is 71.3 Å². The van der Waals surface area contributed by atoms with Crippen molar-refractivity contribution >= 4 is 45.0 Å². The Hall–Kier alpha value is -3.58. The highest BCUT2D eigenvalue weighted by Gasteiger charge is 2.56. The van der Waals surface area contributed by atoms with Crippen LogP contribution in [-0.2, 0) is 25.6 Å². The molecule has 1 saturated heterocycles.